The first-order chi connectivity index (χ1) is 46.9. The van der Waals surface area contributed by atoms with Crippen molar-refractivity contribution in [2.24, 2.45) is 0 Å². The second-order valence-electron chi connectivity index (χ2n) is 23.8. The molecule has 4 aliphatic heterocycles. The van der Waals surface area contributed by atoms with Crippen LogP contribution >= 0.6 is 69.6 Å². The molecule has 0 aliphatic carbocycles. The van der Waals surface area contributed by atoms with Crippen LogP contribution in [0.15, 0.2) is 24.3 Å². The lowest BCUT2D eigenvalue weighted by Gasteiger charge is -2.42. The molecule has 8 rings (SSSR count). The van der Waals surface area contributed by atoms with Crippen LogP contribution in [0.1, 0.15) is 117 Å². The van der Waals surface area contributed by atoms with E-state index in [9.17, 15) is 96.6 Å². The van der Waals surface area contributed by atoms with Gasteiger partial charge in [0.25, 0.3) is 23.6 Å². The van der Waals surface area contributed by atoms with E-state index in [4.69, 9.17) is 98.8 Å². The number of carbonyl (C=O) groups excluding carboxylic acids is 4. The second-order valence-corrected chi connectivity index (χ2v) is 26.1. The highest BCUT2D eigenvalue weighted by molar-refractivity contribution is 6.51. The lowest BCUT2D eigenvalue weighted by atomic mass is 9.91. The fraction of sp³-hybridized carbons (Fsp3) is 0.562. The van der Waals surface area contributed by atoms with Gasteiger partial charge in [0.15, 0.2) is 23.3 Å². The van der Waals surface area contributed by atoms with E-state index in [1.54, 1.807) is 34.6 Å². The molecule has 4 aliphatic rings. The zero-order chi connectivity index (χ0) is 75.5. The van der Waals surface area contributed by atoms with Gasteiger partial charge in [0, 0.05) is 32.3 Å². The summed E-state index contributed by atoms with van der Waals surface area (Å²) in [5, 5.41) is 128. The van der Waals surface area contributed by atoms with E-state index in [0.717, 1.165) is 19.1 Å². The maximum Gasteiger partial charge on any atom is 0.257 e. The van der Waals surface area contributed by atoms with Gasteiger partial charge in [-0.1, -0.05) is 97.3 Å². The van der Waals surface area contributed by atoms with Crippen LogP contribution < -0.4 is 21.3 Å². The van der Waals surface area contributed by atoms with Gasteiger partial charge in [-0.2, -0.15) is 0 Å². The first kappa shape index (κ1) is 86.1. The highest BCUT2D eigenvalue weighted by Gasteiger charge is 2.49. The number of hydrogen-bond acceptors (Lipinski definition) is 20. The number of nitrogens with one attached hydrogen (secondary N) is 4. The summed E-state index contributed by atoms with van der Waals surface area (Å²) in [6, 6.07) is 0.708. The molecule has 24 nitrogen and oxygen atoms in total. The van der Waals surface area contributed by atoms with Crippen LogP contribution in [-0.4, -0.2) is 233 Å². The molecule has 4 aromatic carbocycles. The summed E-state index contributed by atoms with van der Waals surface area (Å²) in [4.78, 5) is 49.7. The molecule has 4 amide bonds. The molecule has 0 saturated carbocycles. The Morgan fingerprint density at radius 1 is 0.350 bits per heavy atom. The molecular formula is C64H80Cl6F6N4O20. The molecule has 4 aromatic rings. The van der Waals surface area contributed by atoms with E-state index in [1.807, 2.05) is 12.2 Å². The molecule has 0 radical (unpaired) electrons. The third-order valence-corrected chi connectivity index (χ3v) is 20.1. The first-order valence-corrected chi connectivity index (χ1v) is 33.5. The Balaban J connectivity index is 0.000000241. The monoisotopic (exact) mass is 1550 g/mol. The molecule has 560 valence electrons. The molecule has 4 fully saturated rings. The van der Waals surface area contributed by atoms with Gasteiger partial charge in [-0.25, -0.2) is 26.3 Å². The number of ether oxygens (including phenoxy) is 4. The Hall–Kier alpha value is -4.56. The molecule has 16 N–H and O–H groups in total. The normalized spacial score (nSPS) is 29.5. The summed E-state index contributed by atoms with van der Waals surface area (Å²) < 4.78 is 104. The predicted molar refractivity (Wildman–Crippen MR) is 352 cm³/mol. The van der Waals surface area contributed by atoms with Crippen LogP contribution in [0.25, 0.3) is 0 Å². The summed E-state index contributed by atoms with van der Waals surface area (Å²) in [7, 11) is 0. The predicted octanol–water partition coefficient (Wildman–Crippen LogP) is 4.69. The number of halogens is 12. The van der Waals surface area contributed by atoms with Crippen molar-refractivity contribution < 1.29 is 126 Å². The minimum absolute atomic E-state index is 0.0656. The third-order valence-electron chi connectivity index (χ3n) is 17.4. The molecule has 20 atom stereocenters. The van der Waals surface area contributed by atoms with E-state index in [0.29, 0.717) is 40.4 Å². The van der Waals surface area contributed by atoms with Crippen LogP contribution in [0.4, 0.5) is 26.3 Å². The molecular weight excluding hydrogens is 1470 g/mol. The minimum atomic E-state index is -1.87. The van der Waals surface area contributed by atoms with Gasteiger partial charge >= 0.3 is 0 Å². The number of carbonyl (C=O) groups is 4. The summed E-state index contributed by atoms with van der Waals surface area (Å²) in [6.45, 7) is 10.4. The molecule has 36 heteroatoms. The van der Waals surface area contributed by atoms with Crippen LogP contribution in [0.2, 0.25) is 30.1 Å². The van der Waals surface area contributed by atoms with E-state index in [2.05, 4.69) is 16.0 Å². The van der Waals surface area contributed by atoms with E-state index in [1.165, 1.54) is 19.1 Å². The van der Waals surface area contributed by atoms with Crippen LogP contribution in [-0.2, 0) is 18.9 Å². The quantitative estimate of drug-likeness (QED) is 0.0534. The first-order valence-electron chi connectivity index (χ1n) is 31.2. The molecule has 4 heterocycles. The smallest absolute Gasteiger partial charge is 0.257 e. The van der Waals surface area contributed by atoms with E-state index in [-0.39, 0.29) is 48.8 Å². The highest BCUT2D eigenvalue weighted by Crippen LogP contribution is 2.41. The van der Waals surface area contributed by atoms with Crippen LogP contribution in [0.3, 0.4) is 0 Å². The van der Waals surface area contributed by atoms with E-state index < -0.39 is 218 Å². The van der Waals surface area contributed by atoms with Crippen molar-refractivity contribution in [3.63, 3.8) is 0 Å². The fourth-order valence-corrected chi connectivity index (χ4v) is 12.8. The van der Waals surface area contributed by atoms with Crippen molar-refractivity contribution in [2.75, 3.05) is 26.4 Å². The topological polar surface area (TPSA) is 396 Å². The third kappa shape index (κ3) is 19.3. The Morgan fingerprint density at radius 2 is 0.610 bits per heavy atom. The largest absolute Gasteiger partial charge is 0.394 e. The maximum atomic E-state index is 14.0. The molecule has 100 heavy (non-hydrogen) atoms. The maximum absolute atomic E-state index is 14.0. The van der Waals surface area contributed by atoms with Gasteiger partial charge in [0.05, 0.1) is 101 Å². The van der Waals surface area contributed by atoms with E-state index >= 15 is 0 Å². The number of rotatable bonds is 16. The van der Waals surface area contributed by atoms with Crippen LogP contribution in [0.5, 0.6) is 0 Å². The molecule has 4 saturated heterocycles. The van der Waals surface area contributed by atoms with Crippen molar-refractivity contribution in [1.29, 1.82) is 0 Å². The summed E-state index contributed by atoms with van der Waals surface area (Å²) in [6.07, 6.45) is -16.5. The van der Waals surface area contributed by atoms with Gasteiger partial charge < -0.3 is 101 Å². The standard InChI is InChI=1S/C16H19Cl4NO5.C16H21Cl2NO5.C16H19F4NO5.C16H21F2NO5/c1-3-6-13(15(24)14(23)7(4-22)26-6)21-16(25)8-11(19)9(17)5(2)10(18)12(8)20;1-3-11-13(15(22)14(21)12(6-20)24-11)19-16(23)8-4-9(17)7(2)10(18)5-8;1-3-6-13(15(24)14(23)7(4-22)26-6)21-16(25)8-11(19)9(17)5(2)10(18)12(8)20;1-3-11-13(15(22)14(21)12(6-20)24-11)19-16(23)8-4-9(17)7(2)10(18)5-8/h6-7,13-15,22-24H,3-4H2,1-2H3,(H,21,25);4-5,11-15,20-22H,3,6H2,1-2H3,(H,19,23);6-7,13-15,22-24H,3-4H2,1-2H3,(H,21,25);4-5,11-15,20-22H,3,6H2,1-2H3,(H,19,23)/t6-,7?,13-,14+,15?;11-,12?,13-,14+,15?;6-,7?,13-,14+,15?;11-,12?,13-,14+,15?/m1111/s1. The van der Waals surface area contributed by atoms with Gasteiger partial charge in [-0.05, 0) is 88.8 Å². The Bertz CT molecular complexity index is 3200. The van der Waals surface area contributed by atoms with Gasteiger partial charge in [0.1, 0.15) is 90.4 Å². The Kier molecular flexibility index (Phi) is 32.7. The lowest BCUT2D eigenvalue weighted by molar-refractivity contribution is -0.193. The van der Waals surface area contributed by atoms with Crippen molar-refractivity contribution in [1.82, 2.24) is 21.3 Å². The average molecular weight is 1550 g/mol. The molecule has 0 bridgehead atoms. The molecule has 0 spiro atoms. The van der Waals surface area contributed by atoms with Gasteiger partial charge in [-0.3, -0.25) is 19.2 Å². The van der Waals surface area contributed by atoms with Crippen LogP contribution in [0, 0.1) is 62.6 Å². The van der Waals surface area contributed by atoms with Crippen molar-refractivity contribution in [3.8, 4) is 0 Å². The minimum Gasteiger partial charge on any atom is -0.394 e. The van der Waals surface area contributed by atoms with Gasteiger partial charge in [0.2, 0.25) is 0 Å². The summed E-state index contributed by atoms with van der Waals surface area (Å²) >= 11 is 36.6. The zero-order valence-electron chi connectivity index (χ0n) is 54.7. The number of benzene rings is 4. The highest BCUT2D eigenvalue weighted by atomic mass is 35.5. The lowest BCUT2D eigenvalue weighted by Crippen LogP contribution is -2.64. The molecule has 0 aromatic heterocycles. The van der Waals surface area contributed by atoms with Gasteiger partial charge in [-0.15, -0.1) is 0 Å². The number of aliphatic hydroxyl groups is 12. The van der Waals surface area contributed by atoms with Crippen molar-refractivity contribution in [2.45, 2.75) is 203 Å². The second kappa shape index (κ2) is 37.9. The number of amides is 4. The number of aliphatic hydroxyl groups excluding tert-OH is 12. The summed E-state index contributed by atoms with van der Waals surface area (Å²) in [5.41, 5.74) is -1.60. The SMILES string of the molecule is CC[C@H]1OC(CO)[C@H](O)C(O)[C@@H]1NC(=O)c1c(Cl)c(Cl)c(C)c(Cl)c1Cl.CC[C@H]1OC(CO)[C@H](O)C(O)[C@@H]1NC(=O)c1c(F)c(F)c(C)c(F)c1F.CC[C@H]1OC(CO)[C@H](O)C(O)[C@@H]1NC(=O)c1cc(Cl)c(C)c(Cl)c1.CC[C@H]1OC(CO)[C@H](O)C(O)[C@@H]1NC(=O)c1cc(F)c(C)c(F)c1. The Labute approximate surface area is 600 Å². The van der Waals surface area contributed by atoms with Crippen molar-refractivity contribution in [3.05, 3.63) is 134 Å². The van der Waals surface area contributed by atoms with Crippen molar-refractivity contribution >= 4 is 93.2 Å². The molecule has 8 unspecified atom stereocenters. The number of hydrogen-bond donors (Lipinski definition) is 16. The summed E-state index contributed by atoms with van der Waals surface area (Å²) in [5.74, 6) is -12.4. The average Bonchev–Trinajstić information content (AvgIpc) is 0.780. The zero-order valence-corrected chi connectivity index (χ0v) is 59.2. The fourth-order valence-electron chi connectivity index (χ4n) is 11.2. The Morgan fingerprint density at radius 3 is 0.880 bits per heavy atom.